The normalized spacial score (nSPS) is 31.9. The second-order valence-electron chi connectivity index (χ2n) is 9.09. The molecule has 1 spiro atoms. The van der Waals surface area contributed by atoms with Gasteiger partial charge in [0.15, 0.2) is 0 Å². The summed E-state index contributed by atoms with van der Waals surface area (Å²) in [6.07, 6.45) is 1.78. The lowest BCUT2D eigenvalue weighted by atomic mass is 9.70. The number of hydrogen-bond acceptors (Lipinski definition) is 6. The van der Waals surface area contributed by atoms with Gasteiger partial charge in [-0.3, -0.25) is 14.4 Å². The Hall–Kier alpha value is -1.94. The topological polar surface area (TPSA) is 96.4 Å². The van der Waals surface area contributed by atoms with Gasteiger partial charge in [-0.2, -0.15) is 0 Å². The molecule has 3 aliphatic rings. The third kappa shape index (κ3) is 4.00. The molecule has 3 aliphatic heterocycles. The molecule has 0 saturated carbocycles. The van der Waals surface area contributed by atoms with E-state index in [0.29, 0.717) is 23.6 Å². The van der Waals surface area contributed by atoms with Gasteiger partial charge in [0, 0.05) is 11.4 Å². The van der Waals surface area contributed by atoms with Gasteiger partial charge >= 0.3 is 5.97 Å². The lowest BCUT2D eigenvalue weighted by Crippen LogP contribution is -2.59. The first kappa shape index (κ1) is 26.1. The molecule has 8 nitrogen and oxygen atoms in total. The number of anilines is 1. The van der Waals surface area contributed by atoms with E-state index in [1.807, 2.05) is 6.92 Å². The van der Waals surface area contributed by atoms with Crippen molar-refractivity contribution in [1.29, 1.82) is 0 Å². The summed E-state index contributed by atoms with van der Waals surface area (Å²) in [5.74, 6) is -3.01. The Kier molecular flexibility index (Phi) is 7.62. The number of likely N-dealkylation sites (tertiary alicyclic amines) is 1. The Morgan fingerprint density at radius 1 is 1.43 bits per heavy atom. The highest BCUT2D eigenvalue weighted by Gasteiger charge is 2.77. The van der Waals surface area contributed by atoms with Gasteiger partial charge in [0.25, 0.3) is 5.91 Å². The molecule has 1 aromatic carbocycles. The van der Waals surface area contributed by atoms with Crippen molar-refractivity contribution in [2.24, 2.45) is 11.8 Å². The smallest absolute Gasteiger partial charge is 0.312 e. The van der Waals surface area contributed by atoms with E-state index >= 15 is 0 Å². The van der Waals surface area contributed by atoms with Crippen LogP contribution in [0.25, 0.3) is 0 Å². The van der Waals surface area contributed by atoms with E-state index in [4.69, 9.17) is 21.1 Å². The number of nitrogens with zero attached hydrogens (tertiary/aromatic N) is 2. The van der Waals surface area contributed by atoms with Crippen LogP contribution in [-0.2, 0) is 23.9 Å². The highest BCUT2D eigenvalue weighted by Crippen LogP contribution is 2.61. The fraction of sp³-hybridized carbons (Fsp3) is 0.560. The van der Waals surface area contributed by atoms with Crippen molar-refractivity contribution in [1.82, 2.24) is 4.90 Å². The summed E-state index contributed by atoms with van der Waals surface area (Å²) in [6.45, 7) is 7.33. The standard InChI is InChI=1S/C25H30BrClN2O6/c1-4-11-28(17-10-8-7-9-16(17)27)23(32)21-25-12-15(26)20(35-25)18(24(33)34-6-3)19(25)22(31)29(21)14(5-2)13-30/h4,7-10,14-15,18-21,30H,1,5-6,11-13H2,2-3H3/t14-,15?,18-,19-,20-,21?,25?/m0/s1. The number of carbonyl (C=O) groups is 3. The van der Waals surface area contributed by atoms with Gasteiger partial charge in [0.05, 0.1) is 47.9 Å². The van der Waals surface area contributed by atoms with Crippen molar-refractivity contribution in [3.8, 4) is 0 Å². The molecule has 7 atom stereocenters. The summed E-state index contributed by atoms with van der Waals surface area (Å²) in [6, 6.07) is 5.28. The van der Waals surface area contributed by atoms with Gasteiger partial charge in [0.2, 0.25) is 5.91 Å². The molecule has 2 bridgehead atoms. The van der Waals surface area contributed by atoms with Gasteiger partial charge < -0.3 is 24.4 Å². The van der Waals surface area contributed by atoms with Gasteiger partial charge in [-0.1, -0.05) is 52.7 Å². The fourth-order valence-electron chi connectivity index (χ4n) is 5.92. The molecule has 1 N–H and O–H groups in total. The van der Waals surface area contributed by atoms with Crippen molar-refractivity contribution in [3.05, 3.63) is 41.9 Å². The molecule has 190 valence electrons. The van der Waals surface area contributed by atoms with Crippen LogP contribution in [0.3, 0.4) is 0 Å². The average Bonchev–Trinajstić information content (AvgIpc) is 3.43. The number of alkyl halides is 1. The van der Waals surface area contributed by atoms with Crippen molar-refractivity contribution in [2.75, 3.05) is 24.7 Å². The molecular weight excluding hydrogens is 540 g/mol. The van der Waals surface area contributed by atoms with Crippen LogP contribution in [0.15, 0.2) is 36.9 Å². The number of carbonyl (C=O) groups excluding carboxylic acids is 3. The zero-order chi connectivity index (χ0) is 25.5. The van der Waals surface area contributed by atoms with Crippen LogP contribution >= 0.6 is 27.5 Å². The summed E-state index contributed by atoms with van der Waals surface area (Å²) in [5, 5.41) is 10.5. The van der Waals surface area contributed by atoms with Crippen LogP contribution in [0.5, 0.6) is 0 Å². The van der Waals surface area contributed by atoms with E-state index in [-0.39, 0.29) is 30.5 Å². The molecule has 3 saturated heterocycles. The number of para-hydroxylation sites is 1. The monoisotopic (exact) mass is 568 g/mol. The number of ether oxygens (including phenoxy) is 2. The summed E-state index contributed by atoms with van der Waals surface area (Å²) in [5.41, 5.74) is -0.763. The van der Waals surface area contributed by atoms with Crippen molar-refractivity contribution in [2.45, 2.75) is 55.3 Å². The Bertz CT molecular complexity index is 1020. The Morgan fingerprint density at radius 2 is 2.14 bits per heavy atom. The maximum Gasteiger partial charge on any atom is 0.312 e. The molecule has 4 rings (SSSR count). The molecule has 10 heteroatoms. The van der Waals surface area contributed by atoms with Crippen LogP contribution in [0.2, 0.25) is 5.02 Å². The summed E-state index contributed by atoms with van der Waals surface area (Å²) in [4.78, 5) is 44.0. The van der Waals surface area contributed by atoms with Gasteiger partial charge in [-0.05, 0) is 31.9 Å². The van der Waals surface area contributed by atoms with E-state index < -0.39 is 47.5 Å². The third-order valence-electron chi connectivity index (χ3n) is 7.32. The summed E-state index contributed by atoms with van der Waals surface area (Å²) in [7, 11) is 0. The minimum Gasteiger partial charge on any atom is -0.466 e. The Morgan fingerprint density at radius 3 is 2.74 bits per heavy atom. The molecule has 2 amide bonds. The molecule has 0 radical (unpaired) electrons. The predicted molar refractivity (Wildman–Crippen MR) is 134 cm³/mol. The van der Waals surface area contributed by atoms with Crippen LogP contribution in [0.4, 0.5) is 5.69 Å². The van der Waals surface area contributed by atoms with Crippen LogP contribution in [0, 0.1) is 11.8 Å². The van der Waals surface area contributed by atoms with Crippen LogP contribution < -0.4 is 4.90 Å². The second kappa shape index (κ2) is 10.2. The van der Waals surface area contributed by atoms with Crippen molar-refractivity contribution >= 4 is 51.0 Å². The minimum absolute atomic E-state index is 0.153. The maximum absolute atomic E-state index is 14.3. The molecule has 0 aliphatic carbocycles. The first-order valence-corrected chi connectivity index (χ1v) is 13.1. The highest BCUT2D eigenvalue weighted by molar-refractivity contribution is 9.09. The number of esters is 1. The number of amides is 2. The second-order valence-corrected chi connectivity index (χ2v) is 10.7. The van der Waals surface area contributed by atoms with Gasteiger partial charge in [-0.25, -0.2) is 0 Å². The maximum atomic E-state index is 14.3. The predicted octanol–water partition coefficient (Wildman–Crippen LogP) is 2.94. The number of halogens is 2. The zero-order valence-electron chi connectivity index (χ0n) is 19.7. The minimum atomic E-state index is -1.24. The van der Waals surface area contributed by atoms with Crippen molar-refractivity contribution < 1.29 is 29.0 Å². The lowest BCUT2D eigenvalue weighted by molar-refractivity contribution is -0.155. The molecule has 0 aromatic heterocycles. The van der Waals surface area contributed by atoms with Crippen LogP contribution in [-0.4, -0.2) is 76.2 Å². The van der Waals surface area contributed by atoms with E-state index in [1.165, 1.54) is 9.80 Å². The number of benzene rings is 1. The van der Waals surface area contributed by atoms with E-state index in [2.05, 4.69) is 22.5 Å². The van der Waals surface area contributed by atoms with Crippen molar-refractivity contribution in [3.63, 3.8) is 0 Å². The average molecular weight is 570 g/mol. The molecular formula is C25H30BrClN2O6. The highest BCUT2D eigenvalue weighted by atomic mass is 79.9. The zero-order valence-corrected chi connectivity index (χ0v) is 22.1. The molecule has 3 fully saturated rings. The first-order valence-electron chi connectivity index (χ1n) is 11.9. The first-order chi connectivity index (χ1) is 16.8. The van der Waals surface area contributed by atoms with Gasteiger partial charge in [0.1, 0.15) is 11.6 Å². The SMILES string of the molecule is C=CCN(C(=O)C1N([C@@H](CC)CO)C(=O)[C@@H]2[C@H](C(=O)OCC)[C@H]3OC12CC3Br)c1ccccc1Cl. The largest absolute Gasteiger partial charge is 0.466 e. The van der Waals surface area contributed by atoms with E-state index in [9.17, 15) is 19.5 Å². The van der Waals surface area contributed by atoms with Gasteiger partial charge in [-0.15, -0.1) is 6.58 Å². The van der Waals surface area contributed by atoms with Crippen LogP contribution in [0.1, 0.15) is 26.7 Å². The quantitative estimate of drug-likeness (QED) is 0.279. The number of fused-ring (bicyclic) bond motifs is 1. The number of aliphatic hydroxyl groups is 1. The molecule has 3 heterocycles. The molecule has 1 aromatic rings. The van der Waals surface area contributed by atoms with E-state index in [1.54, 1.807) is 37.3 Å². The number of hydrogen-bond donors (Lipinski definition) is 1. The van der Waals surface area contributed by atoms with E-state index in [0.717, 1.165) is 0 Å². The fourth-order valence-corrected chi connectivity index (χ4v) is 7.10. The molecule has 3 unspecified atom stereocenters. The number of rotatable bonds is 9. The number of aliphatic hydroxyl groups excluding tert-OH is 1. The molecule has 35 heavy (non-hydrogen) atoms. The third-order valence-corrected chi connectivity index (χ3v) is 8.48. The summed E-state index contributed by atoms with van der Waals surface area (Å²) >= 11 is 10.1. The Labute approximate surface area is 218 Å². The lowest BCUT2D eigenvalue weighted by Gasteiger charge is -2.39. The Balaban J connectivity index is 1.85. The summed E-state index contributed by atoms with van der Waals surface area (Å²) < 4.78 is 11.8.